The van der Waals surface area contributed by atoms with Crippen molar-refractivity contribution >= 4 is 28.3 Å². The van der Waals surface area contributed by atoms with Gasteiger partial charge in [-0.15, -0.1) is 0 Å². The lowest BCUT2D eigenvalue weighted by Crippen LogP contribution is -2.26. The average Bonchev–Trinajstić information content (AvgIpc) is 2.68. The summed E-state index contributed by atoms with van der Waals surface area (Å²) in [7, 11) is 1.35. The number of hydrogen-bond acceptors (Lipinski definition) is 5. The summed E-state index contributed by atoms with van der Waals surface area (Å²) in [6.45, 7) is -0.829. The van der Waals surface area contributed by atoms with Crippen molar-refractivity contribution in [2.45, 2.75) is 6.18 Å². The summed E-state index contributed by atoms with van der Waals surface area (Å²) in [5.41, 5.74) is -2.08. The number of alkyl halides is 3. The number of rotatable bonds is 4. The van der Waals surface area contributed by atoms with E-state index in [4.69, 9.17) is 4.74 Å². The van der Waals surface area contributed by atoms with Gasteiger partial charge in [0.25, 0.3) is 11.5 Å². The van der Waals surface area contributed by atoms with Gasteiger partial charge in [-0.05, 0) is 18.2 Å². The molecule has 0 radical (unpaired) electrons. The Bertz CT molecular complexity index is 1160. The van der Waals surface area contributed by atoms with Crippen molar-refractivity contribution in [3.05, 3.63) is 70.1 Å². The van der Waals surface area contributed by atoms with Crippen LogP contribution >= 0.6 is 0 Å². The molecule has 0 aliphatic carbocycles. The molecule has 29 heavy (non-hydrogen) atoms. The molecule has 0 bridgehead atoms. The quantitative estimate of drug-likeness (QED) is 0.674. The number of carbonyl (C=O) groups excluding carboxylic acids is 2. The molecule has 0 fully saturated rings. The number of aromatic nitrogens is 2. The molecule has 0 unspecified atom stereocenters. The van der Waals surface area contributed by atoms with Gasteiger partial charge in [0.15, 0.2) is 12.3 Å². The summed E-state index contributed by atoms with van der Waals surface area (Å²) in [6, 6.07) is 10.7. The van der Waals surface area contributed by atoms with Crippen LogP contribution in [0.15, 0.2) is 53.3 Å². The maximum Gasteiger partial charge on any atom is 0.418 e. The van der Waals surface area contributed by atoms with Gasteiger partial charge in [-0.1, -0.05) is 30.3 Å². The van der Waals surface area contributed by atoms with Crippen LogP contribution in [0.3, 0.4) is 0 Å². The summed E-state index contributed by atoms with van der Waals surface area (Å²) >= 11 is 0. The second-order valence-corrected chi connectivity index (χ2v) is 5.99. The SMILES string of the molecule is Cn1nc(C(=O)OCC(=O)Nc2ccccc2C(F)(F)F)c2ccccc2c1=O. The Morgan fingerprint density at radius 1 is 1.07 bits per heavy atom. The molecule has 3 aromatic rings. The lowest BCUT2D eigenvalue weighted by atomic mass is 10.1. The molecule has 2 aromatic carbocycles. The number of ether oxygens (including phenoxy) is 1. The number of hydrogen-bond donors (Lipinski definition) is 1. The zero-order chi connectivity index (χ0) is 21.2. The second kappa shape index (κ2) is 7.74. The van der Waals surface area contributed by atoms with Crippen LogP contribution < -0.4 is 10.9 Å². The van der Waals surface area contributed by atoms with E-state index in [0.29, 0.717) is 0 Å². The molecule has 0 aliphatic rings. The fourth-order valence-electron chi connectivity index (χ4n) is 2.68. The largest absolute Gasteiger partial charge is 0.451 e. The number of para-hydroxylation sites is 1. The summed E-state index contributed by atoms with van der Waals surface area (Å²) in [6.07, 6.45) is -4.65. The van der Waals surface area contributed by atoms with Gasteiger partial charge in [-0.2, -0.15) is 18.3 Å². The van der Waals surface area contributed by atoms with E-state index in [1.807, 2.05) is 0 Å². The number of aryl methyl sites for hydroxylation is 1. The van der Waals surface area contributed by atoms with Crippen LogP contribution in [0.25, 0.3) is 10.8 Å². The smallest absolute Gasteiger partial charge is 0.418 e. The lowest BCUT2D eigenvalue weighted by molar-refractivity contribution is -0.137. The molecule has 0 spiro atoms. The molecule has 0 saturated heterocycles. The number of anilines is 1. The van der Waals surface area contributed by atoms with Crippen molar-refractivity contribution in [2.24, 2.45) is 7.05 Å². The van der Waals surface area contributed by atoms with Gasteiger partial charge in [-0.25, -0.2) is 9.48 Å². The van der Waals surface area contributed by atoms with Gasteiger partial charge >= 0.3 is 12.1 Å². The normalized spacial score (nSPS) is 11.3. The topological polar surface area (TPSA) is 90.3 Å². The third kappa shape index (κ3) is 4.26. The number of nitrogens with zero attached hydrogens (tertiary/aromatic N) is 2. The van der Waals surface area contributed by atoms with Gasteiger partial charge in [0.2, 0.25) is 0 Å². The Morgan fingerprint density at radius 2 is 1.69 bits per heavy atom. The summed E-state index contributed by atoms with van der Waals surface area (Å²) in [4.78, 5) is 36.4. The molecule has 10 heteroatoms. The Kier molecular flexibility index (Phi) is 5.35. The molecule has 0 atom stereocenters. The minimum Gasteiger partial charge on any atom is -0.451 e. The highest BCUT2D eigenvalue weighted by Crippen LogP contribution is 2.34. The predicted octanol–water partition coefficient (Wildman–Crippen LogP) is 2.75. The van der Waals surface area contributed by atoms with Gasteiger partial charge in [-0.3, -0.25) is 9.59 Å². The molecule has 3 rings (SSSR count). The Morgan fingerprint density at radius 3 is 2.38 bits per heavy atom. The summed E-state index contributed by atoms with van der Waals surface area (Å²) in [5, 5.41) is 6.40. The van der Waals surface area contributed by atoms with E-state index in [9.17, 15) is 27.6 Å². The van der Waals surface area contributed by atoms with E-state index in [1.165, 1.54) is 31.3 Å². The molecule has 0 saturated carbocycles. The second-order valence-electron chi connectivity index (χ2n) is 5.99. The van der Waals surface area contributed by atoms with E-state index in [0.717, 1.165) is 16.8 Å². The molecule has 1 aromatic heterocycles. The number of amides is 1. The predicted molar refractivity (Wildman–Crippen MR) is 97.3 cm³/mol. The minimum atomic E-state index is -4.65. The molecule has 1 heterocycles. The van der Waals surface area contributed by atoms with Gasteiger partial charge in [0.05, 0.1) is 16.6 Å². The van der Waals surface area contributed by atoms with Crippen molar-refractivity contribution < 1.29 is 27.5 Å². The number of fused-ring (bicyclic) bond motifs is 1. The van der Waals surface area contributed by atoms with E-state index < -0.39 is 41.5 Å². The fourth-order valence-corrected chi connectivity index (χ4v) is 2.68. The molecule has 150 valence electrons. The number of carbonyl (C=O) groups is 2. The van der Waals surface area contributed by atoms with Gasteiger partial charge < -0.3 is 10.1 Å². The van der Waals surface area contributed by atoms with Crippen LogP contribution in [-0.4, -0.2) is 28.3 Å². The number of nitrogens with one attached hydrogen (secondary N) is 1. The highest BCUT2D eigenvalue weighted by molar-refractivity contribution is 6.03. The van der Waals surface area contributed by atoms with Crippen LogP contribution in [0, 0.1) is 0 Å². The fraction of sp³-hybridized carbons (Fsp3) is 0.158. The average molecular weight is 405 g/mol. The highest BCUT2D eigenvalue weighted by Gasteiger charge is 2.33. The first-order chi connectivity index (χ1) is 13.7. The highest BCUT2D eigenvalue weighted by atomic mass is 19.4. The number of halogens is 3. The third-order valence-corrected chi connectivity index (χ3v) is 3.99. The van der Waals surface area contributed by atoms with Gasteiger partial charge in [0.1, 0.15) is 0 Å². The number of benzene rings is 2. The number of esters is 1. The van der Waals surface area contributed by atoms with Crippen LogP contribution in [0.2, 0.25) is 0 Å². The molecule has 1 amide bonds. The lowest BCUT2D eigenvalue weighted by Gasteiger charge is -2.13. The summed E-state index contributed by atoms with van der Waals surface area (Å²) in [5.74, 6) is -1.94. The van der Waals surface area contributed by atoms with Crippen molar-refractivity contribution in [3.63, 3.8) is 0 Å². The Balaban J connectivity index is 1.76. The van der Waals surface area contributed by atoms with Gasteiger partial charge in [0, 0.05) is 12.4 Å². The van der Waals surface area contributed by atoms with Crippen LogP contribution in [0.4, 0.5) is 18.9 Å². The van der Waals surface area contributed by atoms with Crippen molar-refractivity contribution in [1.82, 2.24) is 9.78 Å². The van der Waals surface area contributed by atoms with E-state index in [-0.39, 0.29) is 16.5 Å². The zero-order valence-electron chi connectivity index (χ0n) is 15.0. The standard InChI is InChI=1S/C19H14F3N3O4/c1-25-17(27)12-7-3-2-6-11(12)16(24-25)18(28)29-10-15(26)23-14-9-5-4-8-13(14)19(20,21)22/h2-9H,10H2,1H3,(H,23,26). The Hall–Kier alpha value is -3.69. The molecular formula is C19H14F3N3O4. The zero-order valence-corrected chi connectivity index (χ0v) is 15.0. The molecule has 7 nitrogen and oxygen atoms in total. The van der Waals surface area contributed by atoms with Crippen LogP contribution in [0.5, 0.6) is 0 Å². The van der Waals surface area contributed by atoms with Crippen LogP contribution in [0.1, 0.15) is 16.1 Å². The maximum atomic E-state index is 13.0. The van der Waals surface area contributed by atoms with Crippen LogP contribution in [-0.2, 0) is 22.8 Å². The monoisotopic (exact) mass is 405 g/mol. The van der Waals surface area contributed by atoms with Crippen molar-refractivity contribution in [2.75, 3.05) is 11.9 Å². The summed E-state index contributed by atoms with van der Waals surface area (Å²) < 4.78 is 44.8. The molecule has 0 aliphatic heterocycles. The van der Waals surface area contributed by atoms with E-state index >= 15 is 0 Å². The minimum absolute atomic E-state index is 0.189. The van der Waals surface area contributed by atoms with E-state index in [1.54, 1.807) is 12.1 Å². The first kappa shape index (κ1) is 20.1. The van der Waals surface area contributed by atoms with Crippen molar-refractivity contribution in [3.8, 4) is 0 Å². The first-order valence-electron chi connectivity index (χ1n) is 8.27. The molecular weight excluding hydrogens is 391 g/mol. The third-order valence-electron chi connectivity index (χ3n) is 3.99. The Labute approximate surface area is 161 Å². The van der Waals surface area contributed by atoms with Crippen molar-refractivity contribution in [1.29, 1.82) is 0 Å². The van der Waals surface area contributed by atoms with E-state index in [2.05, 4.69) is 10.4 Å². The first-order valence-corrected chi connectivity index (χ1v) is 8.27. The molecule has 1 N–H and O–H groups in total. The maximum absolute atomic E-state index is 13.0.